The van der Waals surface area contributed by atoms with Gasteiger partial charge in [-0.25, -0.2) is 4.98 Å². The van der Waals surface area contributed by atoms with Crippen molar-refractivity contribution in [1.29, 1.82) is 0 Å². The molecule has 2 heterocycles. The Morgan fingerprint density at radius 3 is 3.06 bits per heavy atom. The van der Waals surface area contributed by atoms with Crippen molar-refractivity contribution in [3.8, 4) is 0 Å². The molecule has 1 aliphatic rings. The van der Waals surface area contributed by atoms with E-state index in [-0.39, 0.29) is 0 Å². The smallest absolute Gasteiger partial charge is 0.0926 e. The van der Waals surface area contributed by atoms with E-state index in [9.17, 15) is 0 Å². The van der Waals surface area contributed by atoms with E-state index in [0.29, 0.717) is 4.75 Å². The average molecular weight is 256 g/mol. The molecule has 1 fully saturated rings. The fraction of sp³-hybridized carbons (Fsp3) is 0.750. The molecule has 1 aromatic rings. The summed E-state index contributed by atoms with van der Waals surface area (Å²) in [4.78, 5) is 4.56. The van der Waals surface area contributed by atoms with Crippen LogP contribution in [0.5, 0.6) is 0 Å². The summed E-state index contributed by atoms with van der Waals surface area (Å²) in [6.07, 6.45) is 3.78. The Morgan fingerprint density at radius 2 is 2.44 bits per heavy atom. The molecular weight excluding hydrogens is 236 g/mol. The number of nitrogens with zero attached hydrogens (tertiary/aromatic N) is 1. The molecule has 0 aliphatic carbocycles. The fourth-order valence-electron chi connectivity index (χ4n) is 2.02. The SMILES string of the molecule is CCc1nc(CNCC2(C)CCCS2)cs1. The van der Waals surface area contributed by atoms with Crippen LogP contribution in [0.4, 0.5) is 0 Å². The van der Waals surface area contributed by atoms with Gasteiger partial charge >= 0.3 is 0 Å². The van der Waals surface area contributed by atoms with Gasteiger partial charge in [0.25, 0.3) is 0 Å². The van der Waals surface area contributed by atoms with Crippen molar-refractivity contribution in [2.24, 2.45) is 0 Å². The maximum Gasteiger partial charge on any atom is 0.0926 e. The molecule has 2 nitrogen and oxygen atoms in total. The van der Waals surface area contributed by atoms with Crippen LogP contribution in [0.15, 0.2) is 5.38 Å². The van der Waals surface area contributed by atoms with Gasteiger partial charge in [-0.3, -0.25) is 0 Å². The highest BCUT2D eigenvalue weighted by atomic mass is 32.2. The summed E-state index contributed by atoms with van der Waals surface area (Å²) in [6.45, 7) is 6.56. The van der Waals surface area contributed by atoms with E-state index in [1.165, 1.54) is 29.3 Å². The van der Waals surface area contributed by atoms with E-state index in [1.54, 1.807) is 11.3 Å². The number of thioether (sulfide) groups is 1. The zero-order valence-electron chi connectivity index (χ0n) is 10.1. The third kappa shape index (κ3) is 3.22. The topological polar surface area (TPSA) is 24.9 Å². The third-order valence-electron chi connectivity index (χ3n) is 3.01. The zero-order chi connectivity index (χ0) is 11.4. The first-order valence-corrected chi connectivity index (χ1v) is 7.86. The first-order valence-electron chi connectivity index (χ1n) is 6.00. The standard InChI is InChI=1S/C12H20N2S2/c1-3-11-14-10(8-15-11)7-13-9-12(2)5-4-6-16-12/h8,13H,3-7,9H2,1-2H3. The van der Waals surface area contributed by atoms with Crippen LogP contribution in [0.1, 0.15) is 37.4 Å². The van der Waals surface area contributed by atoms with Gasteiger partial charge in [-0.1, -0.05) is 6.92 Å². The molecule has 0 aromatic carbocycles. The van der Waals surface area contributed by atoms with Gasteiger partial charge in [-0.2, -0.15) is 11.8 Å². The molecule has 90 valence electrons. The van der Waals surface area contributed by atoms with Crippen LogP contribution in [0, 0.1) is 0 Å². The second kappa shape index (κ2) is 5.52. The van der Waals surface area contributed by atoms with Crippen molar-refractivity contribution in [3.63, 3.8) is 0 Å². The Balaban J connectivity index is 1.75. The van der Waals surface area contributed by atoms with Crippen LogP contribution in [0.3, 0.4) is 0 Å². The molecule has 4 heteroatoms. The van der Waals surface area contributed by atoms with Crippen LogP contribution >= 0.6 is 23.1 Å². The normalized spacial score (nSPS) is 25.1. The largest absolute Gasteiger partial charge is 0.310 e. The lowest BCUT2D eigenvalue weighted by Crippen LogP contribution is -2.32. The van der Waals surface area contributed by atoms with Crippen molar-refractivity contribution in [2.75, 3.05) is 12.3 Å². The van der Waals surface area contributed by atoms with Gasteiger partial charge in [0.05, 0.1) is 10.7 Å². The predicted molar refractivity (Wildman–Crippen MR) is 73.3 cm³/mol. The van der Waals surface area contributed by atoms with Gasteiger partial charge in [-0.05, 0) is 31.9 Å². The number of thiazole rings is 1. The van der Waals surface area contributed by atoms with E-state index >= 15 is 0 Å². The second-order valence-electron chi connectivity index (χ2n) is 4.59. The molecule has 0 bridgehead atoms. The molecular formula is C12H20N2S2. The minimum atomic E-state index is 0.462. The van der Waals surface area contributed by atoms with Crippen molar-refractivity contribution < 1.29 is 0 Å². The van der Waals surface area contributed by atoms with Crippen molar-refractivity contribution >= 4 is 23.1 Å². The first kappa shape index (κ1) is 12.4. The maximum atomic E-state index is 4.56. The number of hydrogen-bond acceptors (Lipinski definition) is 4. The molecule has 0 amide bonds. The van der Waals surface area contributed by atoms with Gasteiger partial charge in [0.2, 0.25) is 0 Å². The molecule has 0 spiro atoms. The first-order chi connectivity index (χ1) is 7.72. The molecule has 1 aliphatic heterocycles. The lowest BCUT2D eigenvalue weighted by atomic mass is 10.1. The molecule has 1 aromatic heterocycles. The number of hydrogen-bond donors (Lipinski definition) is 1. The van der Waals surface area contributed by atoms with Crippen LogP contribution in [-0.4, -0.2) is 22.0 Å². The van der Waals surface area contributed by atoms with E-state index in [0.717, 1.165) is 19.5 Å². The molecule has 1 unspecified atom stereocenters. The van der Waals surface area contributed by atoms with Crippen LogP contribution in [0.2, 0.25) is 0 Å². The van der Waals surface area contributed by atoms with Crippen molar-refractivity contribution in [2.45, 2.75) is 44.4 Å². The molecule has 0 saturated carbocycles. The van der Waals surface area contributed by atoms with Crippen molar-refractivity contribution in [3.05, 3.63) is 16.1 Å². The Kier molecular flexibility index (Phi) is 4.27. The Hall–Kier alpha value is -0.0600. The molecule has 0 radical (unpaired) electrons. The van der Waals surface area contributed by atoms with E-state index in [2.05, 4.69) is 41.3 Å². The highest BCUT2D eigenvalue weighted by molar-refractivity contribution is 8.00. The quantitative estimate of drug-likeness (QED) is 0.876. The van der Waals surface area contributed by atoms with Crippen LogP contribution in [-0.2, 0) is 13.0 Å². The zero-order valence-corrected chi connectivity index (χ0v) is 11.7. The summed E-state index contributed by atoms with van der Waals surface area (Å²) in [7, 11) is 0. The third-order valence-corrected chi connectivity index (χ3v) is 5.59. The monoisotopic (exact) mass is 256 g/mol. The number of aryl methyl sites for hydroxylation is 1. The molecule has 16 heavy (non-hydrogen) atoms. The lowest BCUT2D eigenvalue weighted by Gasteiger charge is -2.22. The number of rotatable bonds is 5. The molecule has 1 atom stereocenters. The van der Waals surface area contributed by atoms with Crippen LogP contribution in [0.25, 0.3) is 0 Å². The summed E-state index contributed by atoms with van der Waals surface area (Å²) in [5, 5.41) is 6.97. The minimum absolute atomic E-state index is 0.462. The summed E-state index contributed by atoms with van der Waals surface area (Å²) in [6, 6.07) is 0. The van der Waals surface area contributed by atoms with Gasteiger partial charge < -0.3 is 5.32 Å². The maximum absolute atomic E-state index is 4.56. The van der Waals surface area contributed by atoms with E-state index in [1.807, 2.05) is 0 Å². The summed E-state index contributed by atoms with van der Waals surface area (Å²) in [5.74, 6) is 1.33. The summed E-state index contributed by atoms with van der Waals surface area (Å²) in [5.41, 5.74) is 1.20. The van der Waals surface area contributed by atoms with E-state index < -0.39 is 0 Å². The summed E-state index contributed by atoms with van der Waals surface area (Å²) < 4.78 is 0.462. The fourth-order valence-corrected chi connectivity index (χ4v) is 4.04. The second-order valence-corrected chi connectivity index (χ2v) is 7.22. The Bertz CT molecular complexity index is 330. The highest BCUT2D eigenvalue weighted by Crippen LogP contribution is 2.36. The average Bonchev–Trinajstić information content (AvgIpc) is 2.88. The van der Waals surface area contributed by atoms with Gasteiger partial charge in [0.15, 0.2) is 0 Å². The highest BCUT2D eigenvalue weighted by Gasteiger charge is 2.28. The molecule has 1 N–H and O–H groups in total. The van der Waals surface area contributed by atoms with Crippen LogP contribution < -0.4 is 5.32 Å². The summed E-state index contributed by atoms with van der Waals surface area (Å²) >= 11 is 3.88. The van der Waals surface area contributed by atoms with Gasteiger partial charge in [0, 0.05) is 23.2 Å². The van der Waals surface area contributed by atoms with Crippen molar-refractivity contribution in [1.82, 2.24) is 10.3 Å². The predicted octanol–water partition coefficient (Wildman–Crippen LogP) is 3.08. The Morgan fingerprint density at radius 1 is 1.56 bits per heavy atom. The molecule has 2 rings (SSSR count). The lowest BCUT2D eigenvalue weighted by molar-refractivity contribution is 0.534. The van der Waals surface area contributed by atoms with Gasteiger partial charge in [0.1, 0.15) is 0 Å². The Labute approximate surface area is 106 Å². The van der Waals surface area contributed by atoms with E-state index in [4.69, 9.17) is 0 Å². The van der Waals surface area contributed by atoms with Gasteiger partial charge in [-0.15, -0.1) is 11.3 Å². The number of aromatic nitrogens is 1. The molecule has 1 saturated heterocycles. The number of nitrogens with one attached hydrogen (secondary N) is 1. The minimum Gasteiger partial charge on any atom is -0.310 e.